The number of aliphatic hydroxyl groups is 1. The Bertz CT molecular complexity index is 677. The molecule has 130 valence electrons. The van der Waals surface area contributed by atoms with E-state index in [9.17, 15) is 9.90 Å². The first-order valence-electron chi connectivity index (χ1n) is 9.12. The van der Waals surface area contributed by atoms with Crippen LogP contribution in [0.3, 0.4) is 0 Å². The lowest BCUT2D eigenvalue weighted by Gasteiger charge is -2.23. The van der Waals surface area contributed by atoms with Crippen LogP contribution in [0.2, 0.25) is 0 Å². The third-order valence-corrected chi connectivity index (χ3v) is 4.67. The average Bonchev–Trinajstić information content (AvgIpc) is 2.61. The van der Waals surface area contributed by atoms with Crippen LogP contribution < -0.4 is 0 Å². The number of unbranched alkanes of at least 4 members (excludes halogenated alkanes) is 2. The molecule has 3 nitrogen and oxygen atoms in total. The first kappa shape index (κ1) is 18.5. The van der Waals surface area contributed by atoms with Crippen molar-refractivity contribution in [1.29, 1.82) is 0 Å². The summed E-state index contributed by atoms with van der Waals surface area (Å²) in [4.78, 5) is 14.9. The van der Waals surface area contributed by atoms with Crippen molar-refractivity contribution in [3.8, 4) is 0 Å². The highest BCUT2D eigenvalue weighted by atomic mass is 16.3. The first-order valence-corrected chi connectivity index (χ1v) is 9.12. The summed E-state index contributed by atoms with van der Waals surface area (Å²) in [6, 6.07) is 11.9. The van der Waals surface area contributed by atoms with Crippen molar-refractivity contribution in [3.63, 3.8) is 0 Å². The van der Waals surface area contributed by atoms with Gasteiger partial charge in [0.1, 0.15) is 0 Å². The van der Waals surface area contributed by atoms with Gasteiger partial charge in [-0.05, 0) is 36.6 Å². The predicted molar refractivity (Wildman–Crippen MR) is 100 cm³/mol. The Morgan fingerprint density at radius 2 is 1.75 bits per heavy atom. The van der Waals surface area contributed by atoms with E-state index in [1.165, 1.54) is 0 Å². The van der Waals surface area contributed by atoms with Crippen LogP contribution in [-0.4, -0.2) is 29.0 Å². The van der Waals surface area contributed by atoms with E-state index in [4.69, 9.17) is 0 Å². The number of amides is 1. The predicted octanol–water partition coefficient (Wildman–Crippen LogP) is 4.94. The van der Waals surface area contributed by atoms with Crippen LogP contribution in [0.1, 0.15) is 68.5 Å². The van der Waals surface area contributed by atoms with Crippen LogP contribution in [-0.2, 0) is 0 Å². The van der Waals surface area contributed by atoms with Gasteiger partial charge in [0.15, 0.2) is 0 Å². The fourth-order valence-electron chi connectivity index (χ4n) is 3.22. The number of carbonyl (C=O) groups is 1. The Kier molecular flexibility index (Phi) is 6.80. The van der Waals surface area contributed by atoms with Gasteiger partial charge in [0.25, 0.3) is 5.91 Å². The number of benzene rings is 2. The molecule has 0 spiro atoms. The van der Waals surface area contributed by atoms with E-state index in [0.29, 0.717) is 25.1 Å². The minimum absolute atomic E-state index is 0.0151. The summed E-state index contributed by atoms with van der Waals surface area (Å²) in [5, 5.41) is 12.7. The summed E-state index contributed by atoms with van der Waals surface area (Å²) >= 11 is 0. The monoisotopic (exact) mass is 327 g/mol. The molecule has 0 unspecified atom stereocenters. The Balaban J connectivity index is 2.50. The number of fused-ring (bicyclic) bond motifs is 1. The van der Waals surface area contributed by atoms with Gasteiger partial charge in [-0.2, -0.15) is 0 Å². The second kappa shape index (κ2) is 8.84. The molecule has 0 aromatic heterocycles. The van der Waals surface area contributed by atoms with Crippen molar-refractivity contribution in [3.05, 3.63) is 47.5 Å². The molecule has 2 rings (SSSR count). The topological polar surface area (TPSA) is 40.5 Å². The van der Waals surface area contributed by atoms with Gasteiger partial charge < -0.3 is 10.0 Å². The molecule has 1 amide bonds. The van der Waals surface area contributed by atoms with Crippen molar-refractivity contribution < 1.29 is 9.90 Å². The van der Waals surface area contributed by atoms with E-state index in [0.717, 1.165) is 35.6 Å². The zero-order chi connectivity index (χ0) is 17.5. The van der Waals surface area contributed by atoms with E-state index in [1.54, 1.807) is 0 Å². The van der Waals surface area contributed by atoms with Crippen LogP contribution in [0.4, 0.5) is 0 Å². The molecule has 1 atom stereocenters. The van der Waals surface area contributed by atoms with Crippen molar-refractivity contribution >= 4 is 16.7 Å². The number of hydrogen-bond donors (Lipinski definition) is 1. The van der Waals surface area contributed by atoms with Crippen LogP contribution in [0.5, 0.6) is 0 Å². The van der Waals surface area contributed by atoms with E-state index in [2.05, 4.69) is 6.92 Å². The molecule has 0 fully saturated rings. The quantitative estimate of drug-likeness (QED) is 0.698. The van der Waals surface area contributed by atoms with E-state index in [-0.39, 0.29) is 5.91 Å². The van der Waals surface area contributed by atoms with E-state index in [1.807, 2.05) is 55.1 Å². The Morgan fingerprint density at radius 3 is 2.42 bits per heavy atom. The second-order valence-electron chi connectivity index (χ2n) is 6.24. The van der Waals surface area contributed by atoms with Crippen molar-refractivity contribution in [2.24, 2.45) is 0 Å². The minimum atomic E-state index is -0.587. The van der Waals surface area contributed by atoms with E-state index >= 15 is 0 Å². The molecular formula is C21H29NO2. The number of rotatable bonds is 8. The van der Waals surface area contributed by atoms with E-state index < -0.39 is 6.10 Å². The molecule has 3 heteroatoms. The fraction of sp³-hybridized carbons (Fsp3) is 0.476. The van der Waals surface area contributed by atoms with Gasteiger partial charge in [0, 0.05) is 13.1 Å². The molecule has 24 heavy (non-hydrogen) atoms. The van der Waals surface area contributed by atoms with Gasteiger partial charge in [-0.15, -0.1) is 0 Å². The van der Waals surface area contributed by atoms with Gasteiger partial charge >= 0.3 is 0 Å². The van der Waals surface area contributed by atoms with Crippen molar-refractivity contribution in [2.75, 3.05) is 13.1 Å². The summed E-state index contributed by atoms with van der Waals surface area (Å²) in [6.45, 7) is 7.47. The average molecular weight is 327 g/mol. The maximum atomic E-state index is 13.1. The third-order valence-electron chi connectivity index (χ3n) is 4.67. The molecule has 0 bridgehead atoms. The number of nitrogens with zero attached hydrogens (tertiary/aromatic N) is 1. The zero-order valence-electron chi connectivity index (χ0n) is 15.1. The Hall–Kier alpha value is -1.87. The van der Waals surface area contributed by atoms with Crippen LogP contribution >= 0.6 is 0 Å². The number of carbonyl (C=O) groups excluding carboxylic acids is 1. The molecule has 2 aromatic rings. The van der Waals surface area contributed by atoms with Gasteiger partial charge in [0.05, 0.1) is 11.7 Å². The lowest BCUT2D eigenvalue weighted by atomic mass is 9.92. The van der Waals surface area contributed by atoms with Crippen LogP contribution in [0.25, 0.3) is 10.8 Å². The Morgan fingerprint density at radius 1 is 1.04 bits per heavy atom. The molecule has 1 N–H and O–H groups in total. The minimum Gasteiger partial charge on any atom is -0.388 e. The van der Waals surface area contributed by atoms with Crippen LogP contribution in [0, 0.1) is 0 Å². The summed E-state index contributed by atoms with van der Waals surface area (Å²) in [7, 11) is 0. The van der Waals surface area contributed by atoms with Crippen LogP contribution in [0.15, 0.2) is 36.4 Å². The molecule has 0 radical (unpaired) electrons. The van der Waals surface area contributed by atoms with Gasteiger partial charge in [-0.25, -0.2) is 0 Å². The number of aliphatic hydroxyl groups excluding tert-OH is 1. The molecular weight excluding hydrogens is 298 g/mol. The molecule has 2 aromatic carbocycles. The fourth-order valence-corrected chi connectivity index (χ4v) is 3.22. The first-order chi connectivity index (χ1) is 11.6. The smallest absolute Gasteiger partial charge is 0.254 e. The van der Waals surface area contributed by atoms with Gasteiger partial charge in [0.2, 0.25) is 0 Å². The third kappa shape index (κ3) is 3.96. The SMILES string of the molecule is CCCCC[C@@H](O)c1ccc2ccccc2c1C(=O)N(CC)CC. The lowest BCUT2D eigenvalue weighted by molar-refractivity contribution is 0.0766. The summed E-state index contributed by atoms with van der Waals surface area (Å²) in [5.41, 5.74) is 1.43. The Labute approximate surface area is 145 Å². The highest BCUT2D eigenvalue weighted by Gasteiger charge is 2.23. The second-order valence-corrected chi connectivity index (χ2v) is 6.24. The van der Waals surface area contributed by atoms with Crippen molar-refractivity contribution in [1.82, 2.24) is 4.90 Å². The van der Waals surface area contributed by atoms with Gasteiger partial charge in [-0.3, -0.25) is 4.79 Å². The summed E-state index contributed by atoms with van der Waals surface area (Å²) in [6.07, 6.45) is 3.31. The molecule has 0 aliphatic rings. The summed E-state index contributed by atoms with van der Waals surface area (Å²) < 4.78 is 0. The maximum absolute atomic E-state index is 13.1. The maximum Gasteiger partial charge on any atom is 0.254 e. The van der Waals surface area contributed by atoms with Crippen molar-refractivity contribution in [2.45, 2.75) is 52.6 Å². The standard InChI is InChI=1S/C21H29NO2/c1-4-7-8-13-19(23)18-15-14-16-11-9-10-12-17(16)20(18)21(24)22(5-2)6-3/h9-12,14-15,19,23H,4-8,13H2,1-3H3/t19-/m1/s1. The highest BCUT2D eigenvalue weighted by Crippen LogP contribution is 2.30. The lowest BCUT2D eigenvalue weighted by Crippen LogP contribution is -2.31. The molecule has 0 saturated heterocycles. The molecule has 0 heterocycles. The molecule has 0 aliphatic carbocycles. The summed E-state index contributed by atoms with van der Waals surface area (Å²) in [5.74, 6) is 0.0151. The highest BCUT2D eigenvalue weighted by molar-refractivity contribution is 6.08. The molecule has 0 aliphatic heterocycles. The molecule has 0 saturated carbocycles. The normalized spacial score (nSPS) is 12.3. The zero-order valence-corrected chi connectivity index (χ0v) is 15.1. The largest absolute Gasteiger partial charge is 0.388 e. The number of hydrogen-bond acceptors (Lipinski definition) is 2. The van der Waals surface area contributed by atoms with Gasteiger partial charge in [-0.1, -0.05) is 62.6 Å².